The number of anilines is 1. The van der Waals surface area contributed by atoms with Crippen molar-refractivity contribution < 1.29 is 9.47 Å². The zero-order valence-corrected chi connectivity index (χ0v) is 9.29. The average Bonchev–Trinajstić information content (AvgIpc) is 2.54. The Morgan fingerprint density at radius 3 is 2.93 bits per heavy atom. The summed E-state index contributed by atoms with van der Waals surface area (Å²) in [5.41, 5.74) is 6.39. The maximum atomic E-state index is 5.70. The molecule has 0 saturated carbocycles. The summed E-state index contributed by atoms with van der Waals surface area (Å²) in [6, 6.07) is 5.58. The highest BCUT2D eigenvalue weighted by Gasteiger charge is 2.17. The molecule has 1 unspecified atom stereocenters. The number of nitrogens with two attached hydrogens (primary N) is 1. The zero-order chi connectivity index (χ0) is 9.97. The van der Waals surface area contributed by atoms with Crippen LogP contribution in [0.4, 0.5) is 5.69 Å². The Kier molecular flexibility index (Phi) is 2.93. The fourth-order valence-corrected chi connectivity index (χ4v) is 1.94. The van der Waals surface area contributed by atoms with E-state index in [2.05, 4.69) is 15.9 Å². The molecule has 14 heavy (non-hydrogen) atoms. The van der Waals surface area contributed by atoms with Crippen molar-refractivity contribution in [1.29, 1.82) is 0 Å². The van der Waals surface area contributed by atoms with E-state index in [9.17, 15) is 0 Å². The van der Waals surface area contributed by atoms with E-state index in [1.807, 2.05) is 18.2 Å². The molecule has 1 heterocycles. The van der Waals surface area contributed by atoms with Crippen molar-refractivity contribution in [2.24, 2.45) is 0 Å². The predicted molar refractivity (Wildman–Crippen MR) is 58.4 cm³/mol. The van der Waals surface area contributed by atoms with Gasteiger partial charge in [0.05, 0.1) is 13.2 Å². The summed E-state index contributed by atoms with van der Waals surface area (Å²) >= 11 is 3.37. The molecular weight excluding hydrogens is 246 g/mol. The van der Waals surface area contributed by atoms with Gasteiger partial charge in [0.25, 0.3) is 0 Å². The third kappa shape index (κ3) is 2.39. The van der Waals surface area contributed by atoms with E-state index in [-0.39, 0.29) is 6.10 Å². The van der Waals surface area contributed by atoms with Gasteiger partial charge in [-0.3, -0.25) is 0 Å². The van der Waals surface area contributed by atoms with Crippen molar-refractivity contribution in [3.05, 3.63) is 22.7 Å². The third-order valence-corrected chi connectivity index (χ3v) is 2.54. The number of halogens is 1. The number of rotatable bonds is 2. The first-order valence-electron chi connectivity index (χ1n) is 4.54. The van der Waals surface area contributed by atoms with E-state index in [0.29, 0.717) is 12.3 Å². The second-order valence-corrected chi connectivity index (χ2v) is 4.24. The van der Waals surface area contributed by atoms with Crippen molar-refractivity contribution in [1.82, 2.24) is 0 Å². The summed E-state index contributed by atoms with van der Waals surface area (Å²) in [5, 5.41) is 0. The minimum atomic E-state index is 0.170. The van der Waals surface area contributed by atoms with Crippen LogP contribution in [0.25, 0.3) is 0 Å². The lowest BCUT2D eigenvalue weighted by atomic mass is 10.3. The van der Waals surface area contributed by atoms with Gasteiger partial charge >= 0.3 is 0 Å². The van der Waals surface area contributed by atoms with E-state index in [1.54, 1.807) is 0 Å². The summed E-state index contributed by atoms with van der Waals surface area (Å²) in [6.45, 7) is 1.46. The Labute approximate surface area is 91.3 Å². The summed E-state index contributed by atoms with van der Waals surface area (Å²) < 4.78 is 11.9. The second kappa shape index (κ2) is 4.19. The van der Waals surface area contributed by atoms with E-state index >= 15 is 0 Å². The molecule has 76 valence electrons. The topological polar surface area (TPSA) is 44.5 Å². The Morgan fingerprint density at radius 2 is 2.29 bits per heavy atom. The number of nitrogen functional groups attached to an aromatic ring is 1. The summed E-state index contributed by atoms with van der Waals surface area (Å²) in [4.78, 5) is 0. The Bertz CT molecular complexity index is 304. The van der Waals surface area contributed by atoms with E-state index in [4.69, 9.17) is 15.2 Å². The average molecular weight is 258 g/mol. The molecule has 0 bridgehead atoms. The Hall–Kier alpha value is -0.740. The number of hydrogen-bond donors (Lipinski definition) is 1. The van der Waals surface area contributed by atoms with Crippen molar-refractivity contribution in [2.75, 3.05) is 18.9 Å². The minimum Gasteiger partial charge on any atom is -0.488 e. The van der Waals surface area contributed by atoms with Gasteiger partial charge < -0.3 is 15.2 Å². The standard InChI is InChI=1S/C10H12BrNO2/c11-7-3-8(12)5-10(4-7)14-9-1-2-13-6-9/h3-5,9H,1-2,6,12H2. The molecule has 1 atom stereocenters. The fraction of sp³-hybridized carbons (Fsp3) is 0.400. The van der Waals surface area contributed by atoms with Gasteiger partial charge in [0.15, 0.2) is 0 Å². The SMILES string of the molecule is Nc1cc(Br)cc(OC2CCOC2)c1. The molecule has 1 aromatic carbocycles. The molecular formula is C10H12BrNO2. The number of ether oxygens (including phenoxy) is 2. The van der Waals surface area contributed by atoms with Crippen LogP contribution < -0.4 is 10.5 Å². The molecule has 1 aliphatic heterocycles. The Balaban J connectivity index is 2.07. The molecule has 0 spiro atoms. The van der Waals surface area contributed by atoms with Crippen LogP contribution in [-0.2, 0) is 4.74 Å². The van der Waals surface area contributed by atoms with Gasteiger partial charge in [-0.2, -0.15) is 0 Å². The van der Waals surface area contributed by atoms with Crippen molar-refractivity contribution in [2.45, 2.75) is 12.5 Å². The summed E-state index contributed by atoms with van der Waals surface area (Å²) in [5.74, 6) is 0.798. The number of benzene rings is 1. The highest BCUT2D eigenvalue weighted by molar-refractivity contribution is 9.10. The van der Waals surface area contributed by atoms with Gasteiger partial charge in [-0.25, -0.2) is 0 Å². The van der Waals surface area contributed by atoms with Crippen LogP contribution in [0, 0.1) is 0 Å². The Morgan fingerprint density at radius 1 is 1.43 bits per heavy atom. The quantitative estimate of drug-likeness (QED) is 0.827. The van der Waals surface area contributed by atoms with Crippen molar-refractivity contribution >= 4 is 21.6 Å². The van der Waals surface area contributed by atoms with Crippen LogP contribution in [0.3, 0.4) is 0 Å². The van der Waals surface area contributed by atoms with E-state index < -0.39 is 0 Å². The lowest BCUT2D eigenvalue weighted by molar-refractivity contribution is 0.141. The normalized spacial score (nSPS) is 21.1. The first-order chi connectivity index (χ1) is 6.74. The van der Waals surface area contributed by atoms with E-state index in [0.717, 1.165) is 23.2 Å². The molecule has 1 saturated heterocycles. The van der Waals surface area contributed by atoms with Gasteiger partial charge in [0, 0.05) is 22.6 Å². The molecule has 1 aromatic rings. The fourth-order valence-electron chi connectivity index (χ4n) is 1.45. The molecule has 0 aromatic heterocycles. The van der Waals surface area contributed by atoms with Crippen LogP contribution in [0.1, 0.15) is 6.42 Å². The zero-order valence-electron chi connectivity index (χ0n) is 7.70. The highest BCUT2D eigenvalue weighted by atomic mass is 79.9. The van der Waals surface area contributed by atoms with Crippen molar-refractivity contribution in [3.8, 4) is 5.75 Å². The first-order valence-corrected chi connectivity index (χ1v) is 5.34. The van der Waals surface area contributed by atoms with Crippen LogP contribution in [0.2, 0.25) is 0 Å². The van der Waals surface area contributed by atoms with Gasteiger partial charge in [0.2, 0.25) is 0 Å². The van der Waals surface area contributed by atoms with Gasteiger partial charge in [-0.1, -0.05) is 15.9 Å². The second-order valence-electron chi connectivity index (χ2n) is 3.32. The highest BCUT2D eigenvalue weighted by Crippen LogP contribution is 2.24. The molecule has 1 aliphatic rings. The van der Waals surface area contributed by atoms with Crippen LogP contribution in [0.15, 0.2) is 22.7 Å². The predicted octanol–water partition coefficient (Wildman–Crippen LogP) is 2.20. The molecule has 1 fully saturated rings. The lowest BCUT2D eigenvalue weighted by Crippen LogP contribution is -2.15. The van der Waals surface area contributed by atoms with Gasteiger partial charge in [-0.15, -0.1) is 0 Å². The van der Waals surface area contributed by atoms with Crippen LogP contribution in [0.5, 0.6) is 5.75 Å². The monoisotopic (exact) mass is 257 g/mol. The van der Waals surface area contributed by atoms with Gasteiger partial charge in [-0.05, 0) is 12.1 Å². The maximum Gasteiger partial charge on any atom is 0.124 e. The van der Waals surface area contributed by atoms with Gasteiger partial charge in [0.1, 0.15) is 11.9 Å². The summed E-state index contributed by atoms with van der Waals surface area (Å²) in [6.07, 6.45) is 1.12. The molecule has 0 aliphatic carbocycles. The third-order valence-electron chi connectivity index (χ3n) is 2.08. The largest absolute Gasteiger partial charge is 0.488 e. The van der Waals surface area contributed by atoms with Crippen LogP contribution >= 0.6 is 15.9 Å². The molecule has 3 nitrogen and oxygen atoms in total. The van der Waals surface area contributed by atoms with E-state index in [1.165, 1.54) is 0 Å². The maximum absolute atomic E-state index is 5.70. The van der Waals surface area contributed by atoms with Crippen LogP contribution in [-0.4, -0.2) is 19.3 Å². The summed E-state index contributed by atoms with van der Waals surface area (Å²) in [7, 11) is 0. The van der Waals surface area contributed by atoms with Crippen molar-refractivity contribution in [3.63, 3.8) is 0 Å². The number of hydrogen-bond acceptors (Lipinski definition) is 3. The molecule has 4 heteroatoms. The first kappa shape index (κ1) is 9.80. The lowest BCUT2D eigenvalue weighted by Gasteiger charge is -2.12. The molecule has 0 radical (unpaired) electrons. The molecule has 0 amide bonds. The molecule has 2 rings (SSSR count). The molecule has 2 N–H and O–H groups in total. The minimum absolute atomic E-state index is 0.170. The smallest absolute Gasteiger partial charge is 0.124 e.